The lowest BCUT2D eigenvalue weighted by atomic mass is 10.1. The van der Waals surface area contributed by atoms with Crippen LogP contribution >= 0.6 is 0 Å². The fourth-order valence-electron chi connectivity index (χ4n) is 1.71. The molecule has 2 N–H and O–H groups in total. The summed E-state index contributed by atoms with van der Waals surface area (Å²) in [5.74, 6) is 0. The minimum Gasteiger partial charge on any atom is -0.453 e. The van der Waals surface area contributed by atoms with Crippen LogP contribution in [0.3, 0.4) is 0 Å². The molecular formula is C12H14N2O2. The van der Waals surface area contributed by atoms with Gasteiger partial charge in [-0.25, -0.2) is 4.79 Å². The first-order chi connectivity index (χ1) is 7.81. The van der Waals surface area contributed by atoms with Crippen molar-refractivity contribution >= 4 is 17.0 Å². The van der Waals surface area contributed by atoms with Crippen LogP contribution in [0.5, 0.6) is 0 Å². The molecule has 0 unspecified atom stereocenters. The number of nitrogens with one attached hydrogen (secondary N) is 2. The number of rotatable bonds is 3. The number of fused-ring (bicyclic) bond motifs is 1. The third-order valence-corrected chi connectivity index (χ3v) is 2.52. The normalized spacial score (nSPS) is 10.3. The van der Waals surface area contributed by atoms with Gasteiger partial charge in [-0.3, -0.25) is 0 Å². The standard InChI is InChI=1S/C12H14N2O2/c1-16-12(15)13-7-6-9-8-14-11-5-3-2-4-10(9)11/h2-5,8,14H,6-7H2,1H3,(H,13,15). The van der Waals surface area contributed by atoms with Crippen LogP contribution < -0.4 is 5.32 Å². The summed E-state index contributed by atoms with van der Waals surface area (Å²) in [5.41, 5.74) is 2.32. The highest BCUT2D eigenvalue weighted by Crippen LogP contribution is 2.17. The van der Waals surface area contributed by atoms with Crippen molar-refractivity contribution in [3.05, 3.63) is 36.0 Å². The predicted octanol–water partition coefficient (Wildman–Crippen LogP) is 2.07. The van der Waals surface area contributed by atoms with E-state index in [0.717, 1.165) is 11.9 Å². The van der Waals surface area contributed by atoms with Gasteiger partial charge in [0, 0.05) is 23.6 Å². The number of aromatic nitrogens is 1. The summed E-state index contributed by atoms with van der Waals surface area (Å²) in [7, 11) is 1.36. The summed E-state index contributed by atoms with van der Waals surface area (Å²) in [6.07, 6.45) is 2.38. The van der Waals surface area contributed by atoms with Gasteiger partial charge >= 0.3 is 6.09 Å². The minimum atomic E-state index is -0.389. The summed E-state index contributed by atoms with van der Waals surface area (Å²) in [6.45, 7) is 0.578. The highest BCUT2D eigenvalue weighted by atomic mass is 16.5. The second kappa shape index (κ2) is 4.70. The summed E-state index contributed by atoms with van der Waals surface area (Å²) in [4.78, 5) is 14.1. The number of hydrogen-bond acceptors (Lipinski definition) is 2. The van der Waals surface area contributed by atoms with Crippen LogP contribution in [0.15, 0.2) is 30.5 Å². The van der Waals surface area contributed by atoms with Crippen molar-refractivity contribution in [2.45, 2.75) is 6.42 Å². The molecule has 0 saturated carbocycles. The Balaban J connectivity index is 2.02. The van der Waals surface area contributed by atoms with E-state index in [2.05, 4.69) is 21.1 Å². The number of alkyl carbamates (subject to hydrolysis) is 1. The molecule has 16 heavy (non-hydrogen) atoms. The number of para-hydroxylation sites is 1. The van der Waals surface area contributed by atoms with E-state index in [1.54, 1.807) is 0 Å². The van der Waals surface area contributed by atoms with E-state index < -0.39 is 0 Å². The largest absolute Gasteiger partial charge is 0.453 e. The van der Waals surface area contributed by atoms with Gasteiger partial charge in [0.05, 0.1) is 7.11 Å². The van der Waals surface area contributed by atoms with Gasteiger partial charge in [0.2, 0.25) is 0 Å². The Morgan fingerprint density at radius 1 is 1.44 bits per heavy atom. The topological polar surface area (TPSA) is 54.1 Å². The number of amides is 1. The van der Waals surface area contributed by atoms with E-state index in [1.807, 2.05) is 24.4 Å². The van der Waals surface area contributed by atoms with E-state index in [-0.39, 0.29) is 6.09 Å². The van der Waals surface area contributed by atoms with Crippen LogP contribution in [0.4, 0.5) is 4.79 Å². The van der Waals surface area contributed by atoms with E-state index in [9.17, 15) is 4.79 Å². The Morgan fingerprint density at radius 2 is 2.25 bits per heavy atom. The number of aromatic amines is 1. The molecule has 0 fully saturated rings. The highest BCUT2D eigenvalue weighted by Gasteiger charge is 2.03. The van der Waals surface area contributed by atoms with Crippen molar-refractivity contribution in [1.29, 1.82) is 0 Å². The molecule has 2 aromatic rings. The minimum absolute atomic E-state index is 0.389. The third-order valence-electron chi connectivity index (χ3n) is 2.52. The van der Waals surface area contributed by atoms with Gasteiger partial charge < -0.3 is 15.0 Å². The summed E-state index contributed by atoms with van der Waals surface area (Å²) < 4.78 is 4.50. The summed E-state index contributed by atoms with van der Waals surface area (Å²) in [5, 5.41) is 3.86. The molecule has 4 nitrogen and oxygen atoms in total. The molecular weight excluding hydrogens is 204 g/mol. The quantitative estimate of drug-likeness (QED) is 0.828. The molecule has 1 aromatic heterocycles. The highest BCUT2D eigenvalue weighted by molar-refractivity contribution is 5.83. The molecule has 0 radical (unpaired) electrons. The van der Waals surface area contributed by atoms with Gasteiger partial charge in [0.25, 0.3) is 0 Å². The van der Waals surface area contributed by atoms with Crippen LogP contribution in [0.2, 0.25) is 0 Å². The molecule has 0 bridgehead atoms. The fraction of sp³-hybridized carbons (Fsp3) is 0.250. The number of benzene rings is 1. The molecule has 84 valence electrons. The SMILES string of the molecule is COC(=O)NCCc1c[nH]c2ccccc12. The van der Waals surface area contributed by atoms with Crippen molar-refractivity contribution in [2.75, 3.05) is 13.7 Å². The first-order valence-electron chi connectivity index (χ1n) is 5.18. The molecule has 0 saturated heterocycles. The Kier molecular flexibility index (Phi) is 3.10. The molecule has 0 aliphatic rings. The second-order valence-electron chi connectivity index (χ2n) is 3.53. The molecule has 1 aromatic carbocycles. The smallest absolute Gasteiger partial charge is 0.406 e. The molecule has 0 atom stereocenters. The van der Waals surface area contributed by atoms with E-state index in [4.69, 9.17) is 0 Å². The number of carbonyl (C=O) groups is 1. The zero-order valence-electron chi connectivity index (χ0n) is 9.12. The second-order valence-corrected chi connectivity index (χ2v) is 3.53. The summed E-state index contributed by atoms with van der Waals surface area (Å²) >= 11 is 0. The Bertz CT molecular complexity index is 490. The van der Waals surface area contributed by atoms with Crippen molar-refractivity contribution in [3.8, 4) is 0 Å². The van der Waals surface area contributed by atoms with Crippen molar-refractivity contribution in [1.82, 2.24) is 10.3 Å². The molecule has 0 aliphatic heterocycles. The Hall–Kier alpha value is -1.97. The first-order valence-corrected chi connectivity index (χ1v) is 5.18. The van der Waals surface area contributed by atoms with Crippen LogP contribution in [0, 0.1) is 0 Å². The van der Waals surface area contributed by atoms with Gasteiger partial charge in [0.1, 0.15) is 0 Å². The molecule has 1 amide bonds. The van der Waals surface area contributed by atoms with E-state index in [1.165, 1.54) is 18.1 Å². The van der Waals surface area contributed by atoms with E-state index >= 15 is 0 Å². The number of ether oxygens (including phenoxy) is 1. The zero-order chi connectivity index (χ0) is 11.4. The number of H-pyrrole nitrogens is 1. The Morgan fingerprint density at radius 3 is 3.06 bits per heavy atom. The van der Waals surface area contributed by atoms with Crippen LogP contribution in [0.1, 0.15) is 5.56 Å². The maximum Gasteiger partial charge on any atom is 0.406 e. The van der Waals surface area contributed by atoms with Gasteiger partial charge in [-0.1, -0.05) is 18.2 Å². The average Bonchev–Trinajstić information content (AvgIpc) is 2.73. The number of methoxy groups -OCH3 is 1. The van der Waals surface area contributed by atoms with E-state index in [0.29, 0.717) is 6.54 Å². The lowest BCUT2D eigenvalue weighted by Gasteiger charge is -2.02. The lowest BCUT2D eigenvalue weighted by molar-refractivity contribution is 0.171. The molecule has 2 rings (SSSR count). The van der Waals surface area contributed by atoms with Crippen molar-refractivity contribution in [3.63, 3.8) is 0 Å². The maximum absolute atomic E-state index is 10.9. The monoisotopic (exact) mass is 218 g/mol. The van der Waals surface area contributed by atoms with Gasteiger partial charge in [-0.2, -0.15) is 0 Å². The molecule has 0 aliphatic carbocycles. The maximum atomic E-state index is 10.9. The number of carbonyl (C=O) groups excluding carboxylic acids is 1. The summed E-state index contributed by atoms with van der Waals surface area (Å²) in [6, 6.07) is 8.11. The zero-order valence-corrected chi connectivity index (χ0v) is 9.12. The third kappa shape index (κ3) is 2.16. The van der Waals surface area contributed by atoms with Crippen LogP contribution in [-0.2, 0) is 11.2 Å². The van der Waals surface area contributed by atoms with Crippen molar-refractivity contribution in [2.24, 2.45) is 0 Å². The molecule has 1 heterocycles. The van der Waals surface area contributed by atoms with Crippen LogP contribution in [-0.4, -0.2) is 24.7 Å². The molecule has 4 heteroatoms. The predicted molar refractivity (Wildman–Crippen MR) is 62.4 cm³/mol. The lowest BCUT2D eigenvalue weighted by Crippen LogP contribution is -2.25. The van der Waals surface area contributed by atoms with Crippen LogP contribution in [0.25, 0.3) is 10.9 Å². The van der Waals surface area contributed by atoms with Gasteiger partial charge in [0.15, 0.2) is 0 Å². The first kappa shape index (κ1) is 10.5. The number of hydrogen-bond donors (Lipinski definition) is 2. The Labute approximate surface area is 93.6 Å². The average molecular weight is 218 g/mol. The fourth-order valence-corrected chi connectivity index (χ4v) is 1.71. The van der Waals surface area contributed by atoms with Gasteiger partial charge in [-0.05, 0) is 18.1 Å². The van der Waals surface area contributed by atoms with Gasteiger partial charge in [-0.15, -0.1) is 0 Å². The molecule has 0 spiro atoms. The van der Waals surface area contributed by atoms with Crippen molar-refractivity contribution < 1.29 is 9.53 Å².